The highest BCUT2D eigenvalue weighted by Crippen LogP contribution is 2.36. The third-order valence-electron chi connectivity index (χ3n) is 6.03. The van der Waals surface area contributed by atoms with Crippen molar-refractivity contribution in [1.29, 1.82) is 0 Å². The molecule has 0 spiro atoms. The van der Waals surface area contributed by atoms with Gasteiger partial charge in [0.15, 0.2) is 23.0 Å². The van der Waals surface area contributed by atoms with Crippen LogP contribution in [0.5, 0.6) is 23.0 Å². The van der Waals surface area contributed by atoms with Crippen molar-refractivity contribution in [3.05, 3.63) is 47.5 Å². The highest BCUT2D eigenvalue weighted by Gasteiger charge is 2.38. The molecule has 2 aromatic carbocycles. The lowest BCUT2D eigenvalue weighted by Crippen LogP contribution is -2.30. The van der Waals surface area contributed by atoms with Crippen molar-refractivity contribution < 1.29 is 28.8 Å². The first kappa shape index (κ1) is 19.9. The molecule has 2 aliphatic heterocycles. The number of hydrogen-bond acceptors (Lipinski definition) is 6. The Hall–Kier alpha value is -2.44. The fourth-order valence-electron chi connectivity index (χ4n) is 4.22. The highest BCUT2D eigenvalue weighted by atomic mass is 16.7. The van der Waals surface area contributed by atoms with Crippen molar-refractivity contribution >= 4 is 0 Å². The Bertz CT molecular complexity index is 851. The van der Waals surface area contributed by atoms with Gasteiger partial charge in [0, 0.05) is 5.92 Å². The zero-order valence-corrected chi connectivity index (χ0v) is 17.1. The maximum absolute atomic E-state index is 10.9. The molecule has 0 radical (unpaired) electrons. The topological polar surface area (TPSA) is 66.4 Å². The normalized spacial score (nSPS) is 23.8. The van der Waals surface area contributed by atoms with Crippen LogP contribution < -0.4 is 18.9 Å². The van der Waals surface area contributed by atoms with Gasteiger partial charge >= 0.3 is 0 Å². The number of hydrogen-bond donors (Lipinski definition) is 1. The van der Waals surface area contributed by atoms with Crippen molar-refractivity contribution in [2.45, 2.75) is 32.0 Å². The Morgan fingerprint density at radius 3 is 2.55 bits per heavy atom. The van der Waals surface area contributed by atoms with Gasteiger partial charge in [-0.05, 0) is 54.2 Å². The predicted molar refractivity (Wildman–Crippen MR) is 108 cm³/mol. The number of aliphatic hydroxyl groups excluding tert-OH is 1. The summed E-state index contributed by atoms with van der Waals surface area (Å²) in [6.45, 7) is 3.00. The van der Waals surface area contributed by atoms with Crippen molar-refractivity contribution in [2.75, 3.05) is 27.6 Å². The van der Waals surface area contributed by atoms with E-state index in [0.717, 1.165) is 29.0 Å². The first-order valence-corrected chi connectivity index (χ1v) is 9.98. The van der Waals surface area contributed by atoms with Crippen LogP contribution in [0.4, 0.5) is 0 Å². The number of methoxy groups -OCH3 is 2. The van der Waals surface area contributed by atoms with Crippen molar-refractivity contribution in [2.24, 2.45) is 11.8 Å². The zero-order valence-electron chi connectivity index (χ0n) is 17.1. The molecular weight excluding hydrogens is 372 g/mol. The average Bonchev–Trinajstić information content (AvgIpc) is 3.34. The molecule has 1 saturated heterocycles. The first-order chi connectivity index (χ1) is 14.1. The van der Waals surface area contributed by atoms with Crippen molar-refractivity contribution in [1.82, 2.24) is 0 Å². The number of rotatable bonds is 7. The van der Waals surface area contributed by atoms with E-state index in [2.05, 4.69) is 13.0 Å². The molecule has 29 heavy (non-hydrogen) atoms. The quantitative estimate of drug-likeness (QED) is 0.770. The van der Waals surface area contributed by atoms with Gasteiger partial charge in [-0.25, -0.2) is 0 Å². The highest BCUT2D eigenvalue weighted by molar-refractivity contribution is 5.45. The molecule has 0 bridgehead atoms. The summed E-state index contributed by atoms with van der Waals surface area (Å²) in [5.74, 6) is 3.27. The van der Waals surface area contributed by atoms with E-state index in [1.807, 2.05) is 30.3 Å². The predicted octanol–water partition coefficient (Wildman–Crippen LogP) is 3.23. The number of fused-ring (bicyclic) bond motifs is 1. The molecule has 2 aliphatic rings. The Balaban J connectivity index is 1.38. The molecular formula is C23H28O6. The molecule has 2 aromatic rings. The summed E-state index contributed by atoms with van der Waals surface area (Å²) in [5, 5.41) is 10.9. The molecule has 4 rings (SSSR count). The van der Waals surface area contributed by atoms with Gasteiger partial charge in [-0.2, -0.15) is 0 Å². The van der Waals surface area contributed by atoms with E-state index in [0.29, 0.717) is 24.5 Å². The molecule has 0 aliphatic carbocycles. The van der Waals surface area contributed by atoms with Gasteiger partial charge in [0.2, 0.25) is 6.79 Å². The van der Waals surface area contributed by atoms with Gasteiger partial charge < -0.3 is 28.8 Å². The van der Waals surface area contributed by atoms with Crippen molar-refractivity contribution in [3.8, 4) is 23.0 Å². The molecule has 2 heterocycles. The van der Waals surface area contributed by atoms with Gasteiger partial charge in [0.1, 0.15) is 0 Å². The average molecular weight is 400 g/mol. The van der Waals surface area contributed by atoms with Gasteiger partial charge in [-0.1, -0.05) is 19.1 Å². The Kier molecular flexibility index (Phi) is 5.83. The van der Waals surface area contributed by atoms with E-state index in [1.54, 1.807) is 14.2 Å². The summed E-state index contributed by atoms with van der Waals surface area (Å²) in [6.07, 6.45) is 0.928. The lowest BCUT2D eigenvalue weighted by atomic mass is 9.84. The second kappa shape index (κ2) is 8.51. The van der Waals surface area contributed by atoms with Crippen LogP contribution in [0.25, 0.3) is 0 Å². The van der Waals surface area contributed by atoms with Crippen LogP contribution in [-0.4, -0.2) is 44.9 Å². The van der Waals surface area contributed by atoms with Gasteiger partial charge in [-0.3, -0.25) is 0 Å². The number of aliphatic hydroxyl groups is 1. The second-order valence-electron chi connectivity index (χ2n) is 7.75. The van der Waals surface area contributed by atoms with Crippen LogP contribution in [-0.2, 0) is 17.6 Å². The van der Waals surface area contributed by atoms with Crippen LogP contribution in [0, 0.1) is 11.8 Å². The van der Waals surface area contributed by atoms with Crippen molar-refractivity contribution in [3.63, 3.8) is 0 Å². The third kappa shape index (κ3) is 4.14. The van der Waals surface area contributed by atoms with E-state index in [1.165, 1.54) is 0 Å². The minimum absolute atomic E-state index is 0.0698. The largest absolute Gasteiger partial charge is 0.493 e. The summed E-state index contributed by atoms with van der Waals surface area (Å²) in [4.78, 5) is 0. The van der Waals surface area contributed by atoms with E-state index in [4.69, 9.17) is 23.7 Å². The van der Waals surface area contributed by atoms with E-state index in [-0.39, 0.29) is 24.7 Å². The minimum Gasteiger partial charge on any atom is -0.493 e. The monoisotopic (exact) mass is 400 g/mol. The molecule has 0 saturated carbocycles. The SMILES string of the molecule is COc1ccc(CC(O)C2COC(Cc3ccc4c(c3)OCO4)C2C)cc1OC. The zero-order chi connectivity index (χ0) is 20.4. The second-order valence-corrected chi connectivity index (χ2v) is 7.75. The van der Waals surface area contributed by atoms with Crippen LogP contribution >= 0.6 is 0 Å². The fourth-order valence-corrected chi connectivity index (χ4v) is 4.22. The summed E-state index contributed by atoms with van der Waals surface area (Å²) in [6, 6.07) is 11.8. The molecule has 1 N–H and O–H groups in total. The van der Waals surface area contributed by atoms with Gasteiger partial charge in [-0.15, -0.1) is 0 Å². The first-order valence-electron chi connectivity index (χ1n) is 9.98. The molecule has 4 unspecified atom stereocenters. The smallest absolute Gasteiger partial charge is 0.231 e. The van der Waals surface area contributed by atoms with E-state index < -0.39 is 6.10 Å². The fraction of sp³-hybridized carbons (Fsp3) is 0.478. The molecule has 156 valence electrons. The Morgan fingerprint density at radius 2 is 1.76 bits per heavy atom. The third-order valence-corrected chi connectivity index (χ3v) is 6.03. The number of ether oxygens (including phenoxy) is 5. The summed E-state index contributed by atoms with van der Waals surface area (Å²) in [5.41, 5.74) is 2.17. The van der Waals surface area contributed by atoms with Gasteiger partial charge in [0.05, 0.1) is 33.0 Å². The van der Waals surface area contributed by atoms with Crippen LogP contribution in [0.15, 0.2) is 36.4 Å². The maximum Gasteiger partial charge on any atom is 0.231 e. The maximum atomic E-state index is 10.9. The summed E-state index contributed by atoms with van der Waals surface area (Å²) in [7, 11) is 3.23. The Morgan fingerprint density at radius 1 is 1.00 bits per heavy atom. The van der Waals surface area contributed by atoms with Gasteiger partial charge in [0.25, 0.3) is 0 Å². The standard InChI is InChI=1S/C23H28O6/c1-14-17(18(24)8-15-4-6-19(25-2)22(10-15)26-3)12-27-21(14)9-16-5-7-20-23(11-16)29-13-28-20/h4-7,10-11,14,17-18,21,24H,8-9,12-13H2,1-3H3. The molecule has 6 nitrogen and oxygen atoms in total. The summed E-state index contributed by atoms with van der Waals surface area (Å²) >= 11 is 0. The van der Waals surface area contributed by atoms with E-state index >= 15 is 0 Å². The number of benzene rings is 2. The molecule has 4 atom stereocenters. The summed E-state index contributed by atoms with van der Waals surface area (Å²) < 4.78 is 27.6. The minimum atomic E-state index is -0.482. The van der Waals surface area contributed by atoms with E-state index in [9.17, 15) is 5.11 Å². The van der Waals surface area contributed by atoms with Crippen LogP contribution in [0.1, 0.15) is 18.1 Å². The lowest BCUT2D eigenvalue weighted by molar-refractivity contribution is 0.0762. The molecule has 0 aromatic heterocycles. The van der Waals surface area contributed by atoms with Crippen LogP contribution in [0.3, 0.4) is 0 Å². The molecule has 1 fully saturated rings. The Labute approximate surface area is 171 Å². The molecule has 6 heteroatoms. The molecule has 0 amide bonds. The lowest BCUT2D eigenvalue weighted by Gasteiger charge is -2.23. The van der Waals surface area contributed by atoms with Crippen LogP contribution in [0.2, 0.25) is 0 Å².